The molecule has 0 unspecified atom stereocenters. The molecule has 0 saturated carbocycles. The van der Waals surface area contributed by atoms with Gasteiger partial charge in [0.1, 0.15) is 18.4 Å². The number of pyridine rings is 1. The summed E-state index contributed by atoms with van der Waals surface area (Å²) in [5.41, 5.74) is 2.06. The number of hydrogen-bond donors (Lipinski definition) is 0. The second-order valence-electron chi connectivity index (χ2n) is 4.35. The van der Waals surface area contributed by atoms with E-state index in [-0.39, 0.29) is 0 Å². The molecule has 0 aliphatic carbocycles. The molecule has 0 amide bonds. The van der Waals surface area contributed by atoms with Crippen LogP contribution in [0.25, 0.3) is 5.65 Å². The van der Waals surface area contributed by atoms with E-state index in [0.717, 1.165) is 11.2 Å². The van der Waals surface area contributed by atoms with Gasteiger partial charge < -0.3 is 9.47 Å². The minimum absolute atomic E-state index is 0.300. The molecule has 0 fully saturated rings. The molecule has 6 nitrogen and oxygen atoms in total. The van der Waals surface area contributed by atoms with Crippen molar-refractivity contribution < 1.29 is 9.47 Å². The highest BCUT2D eigenvalue weighted by atomic mass is 16.5. The highest BCUT2D eigenvalue weighted by Gasteiger charge is 2.07. The largest absolute Gasteiger partial charge is 0.495 e. The molecule has 0 spiro atoms. The Kier molecular flexibility index (Phi) is 3.39. The summed E-state index contributed by atoms with van der Waals surface area (Å²) in [5, 5.41) is 17.1. The summed E-state index contributed by atoms with van der Waals surface area (Å²) >= 11 is 0. The van der Waals surface area contributed by atoms with Gasteiger partial charge in [-0.25, -0.2) is 0 Å². The number of ether oxygens (including phenoxy) is 2. The number of fused-ring (bicyclic) bond motifs is 1. The maximum atomic E-state index is 9.07. The van der Waals surface area contributed by atoms with Crippen molar-refractivity contribution >= 4 is 5.65 Å². The summed E-state index contributed by atoms with van der Waals surface area (Å²) < 4.78 is 12.5. The minimum atomic E-state index is 0.300. The van der Waals surface area contributed by atoms with Crippen molar-refractivity contribution in [1.82, 2.24) is 14.6 Å². The summed E-state index contributed by atoms with van der Waals surface area (Å²) in [7, 11) is 1.54. The van der Waals surface area contributed by atoms with Gasteiger partial charge in [-0.3, -0.25) is 4.40 Å². The van der Waals surface area contributed by atoms with E-state index in [2.05, 4.69) is 16.3 Å². The number of rotatable bonds is 4. The molecule has 2 heterocycles. The zero-order chi connectivity index (χ0) is 14.7. The number of methoxy groups -OCH3 is 1. The van der Waals surface area contributed by atoms with Gasteiger partial charge in [0.05, 0.1) is 12.7 Å². The van der Waals surface area contributed by atoms with Crippen LogP contribution in [0.15, 0.2) is 42.6 Å². The fraction of sp³-hybridized carbons (Fsp3) is 0.133. The molecule has 3 rings (SSSR count). The third-order valence-corrected chi connectivity index (χ3v) is 3.03. The molecule has 21 heavy (non-hydrogen) atoms. The summed E-state index contributed by atoms with van der Waals surface area (Å²) in [6.45, 7) is 0.300. The predicted octanol–water partition coefficient (Wildman–Crippen LogP) is 2.19. The first-order chi connectivity index (χ1) is 10.3. The summed E-state index contributed by atoms with van der Waals surface area (Å²) in [6, 6.07) is 13.5. The lowest BCUT2D eigenvalue weighted by atomic mass is 10.1. The molecule has 0 atom stereocenters. The number of hydrogen-bond acceptors (Lipinski definition) is 5. The average molecular weight is 280 g/mol. The Labute approximate surface area is 121 Å². The van der Waals surface area contributed by atoms with E-state index in [1.165, 1.54) is 7.11 Å². The van der Waals surface area contributed by atoms with Crippen molar-refractivity contribution in [3.05, 3.63) is 53.7 Å². The first-order valence-electron chi connectivity index (χ1n) is 6.31. The van der Waals surface area contributed by atoms with Crippen LogP contribution in [-0.2, 0) is 6.61 Å². The van der Waals surface area contributed by atoms with E-state index in [1.54, 1.807) is 16.5 Å². The molecule has 0 aliphatic heterocycles. The molecule has 104 valence electrons. The summed E-state index contributed by atoms with van der Waals surface area (Å²) in [4.78, 5) is 0. The summed E-state index contributed by atoms with van der Waals surface area (Å²) in [5.74, 6) is 0.550. The average Bonchev–Trinajstić information content (AvgIpc) is 2.96. The smallest absolute Gasteiger partial charge is 0.321 e. The van der Waals surface area contributed by atoms with E-state index in [1.807, 2.05) is 30.5 Å². The first-order valence-corrected chi connectivity index (χ1v) is 6.31. The van der Waals surface area contributed by atoms with Gasteiger partial charge in [-0.15, -0.1) is 5.10 Å². The Morgan fingerprint density at radius 3 is 2.95 bits per heavy atom. The fourth-order valence-corrected chi connectivity index (χ4v) is 2.00. The Hall–Kier alpha value is -3.07. The standard InChI is InChI=1S/C15H12N4O2/c1-20-13-6-5-11(8-12(13)9-16)10-21-15-18-17-14-4-2-3-7-19(14)15/h2-8H,10H2,1H3. The van der Waals surface area contributed by atoms with E-state index >= 15 is 0 Å². The van der Waals surface area contributed by atoms with E-state index in [9.17, 15) is 0 Å². The third-order valence-electron chi connectivity index (χ3n) is 3.03. The van der Waals surface area contributed by atoms with Gasteiger partial charge in [-0.1, -0.05) is 17.2 Å². The molecule has 0 radical (unpaired) electrons. The minimum Gasteiger partial charge on any atom is -0.495 e. The number of nitriles is 1. The van der Waals surface area contributed by atoms with Crippen LogP contribution in [0, 0.1) is 11.3 Å². The van der Waals surface area contributed by atoms with Gasteiger partial charge in [0, 0.05) is 6.20 Å². The van der Waals surface area contributed by atoms with Gasteiger partial charge in [0.2, 0.25) is 0 Å². The van der Waals surface area contributed by atoms with Crippen molar-refractivity contribution in [2.75, 3.05) is 7.11 Å². The lowest BCUT2D eigenvalue weighted by molar-refractivity contribution is 0.277. The van der Waals surface area contributed by atoms with E-state index in [4.69, 9.17) is 14.7 Å². The predicted molar refractivity (Wildman–Crippen MR) is 75.0 cm³/mol. The van der Waals surface area contributed by atoms with Crippen LogP contribution in [0.1, 0.15) is 11.1 Å². The highest BCUT2D eigenvalue weighted by Crippen LogP contribution is 2.20. The molecule has 1 aromatic carbocycles. The molecular formula is C15H12N4O2. The maximum Gasteiger partial charge on any atom is 0.321 e. The SMILES string of the molecule is COc1ccc(COc2nnc3ccccn23)cc1C#N. The van der Waals surface area contributed by atoms with Crippen LogP contribution in [-0.4, -0.2) is 21.7 Å². The Bertz CT molecular complexity index is 820. The van der Waals surface area contributed by atoms with Gasteiger partial charge in [0.15, 0.2) is 5.65 Å². The van der Waals surface area contributed by atoms with Crippen molar-refractivity contribution in [2.24, 2.45) is 0 Å². The van der Waals surface area contributed by atoms with Crippen LogP contribution in [0.5, 0.6) is 11.8 Å². The Morgan fingerprint density at radius 1 is 1.24 bits per heavy atom. The molecule has 0 aliphatic rings. The molecule has 0 bridgehead atoms. The quantitative estimate of drug-likeness (QED) is 0.732. The topological polar surface area (TPSA) is 72.4 Å². The zero-order valence-electron chi connectivity index (χ0n) is 11.4. The van der Waals surface area contributed by atoms with Gasteiger partial charge in [0.25, 0.3) is 0 Å². The Balaban J connectivity index is 1.80. The third kappa shape index (κ3) is 2.49. The summed E-state index contributed by atoms with van der Waals surface area (Å²) in [6.07, 6.45) is 1.83. The van der Waals surface area contributed by atoms with Gasteiger partial charge >= 0.3 is 6.01 Å². The molecular weight excluding hydrogens is 268 g/mol. The van der Waals surface area contributed by atoms with Gasteiger partial charge in [-0.2, -0.15) is 5.26 Å². The van der Waals surface area contributed by atoms with Crippen molar-refractivity contribution in [2.45, 2.75) is 6.61 Å². The Morgan fingerprint density at radius 2 is 2.14 bits per heavy atom. The number of benzene rings is 1. The van der Waals surface area contributed by atoms with Crippen LogP contribution >= 0.6 is 0 Å². The highest BCUT2D eigenvalue weighted by molar-refractivity contribution is 5.45. The van der Waals surface area contributed by atoms with E-state index in [0.29, 0.717) is 23.9 Å². The molecule has 3 aromatic rings. The van der Waals surface area contributed by atoms with Crippen molar-refractivity contribution in [1.29, 1.82) is 5.26 Å². The van der Waals surface area contributed by atoms with Crippen molar-refractivity contribution in [3.8, 4) is 17.8 Å². The van der Waals surface area contributed by atoms with Crippen LogP contribution < -0.4 is 9.47 Å². The van der Waals surface area contributed by atoms with Crippen LogP contribution in [0.3, 0.4) is 0 Å². The van der Waals surface area contributed by atoms with Crippen molar-refractivity contribution in [3.63, 3.8) is 0 Å². The fourth-order valence-electron chi connectivity index (χ4n) is 2.00. The number of aromatic nitrogens is 3. The monoisotopic (exact) mass is 280 g/mol. The van der Waals surface area contributed by atoms with E-state index < -0.39 is 0 Å². The van der Waals surface area contributed by atoms with Gasteiger partial charge in [-0.05, 0) is 29.8 Å². The maximum absolute atomic E-state index is 9.07. The second kappa shape index (κ2) is 5.51. The molecule has 0 N–H and O–H groups in total. The molecule has 6 heteroatoms. The molecule has 2 aromatic heterocycles. The lowest BCUT2D eigenvalue weighted by Crippen LogP contribution is -2.00. The lowest BCUT2D eigenvalue weighted by Gasteiger charge is -2.07. The van der Waals surface area contributed by atoms with Crippen LogP contribution in [0.2, 0.25) is 0 Å². The number of nitrogens with zero attached hydrogens (tertiary/aromatic N) is 4. The molecule has 0 saturated heterocycles. The second-order valence-corrected chi connectivity index (χ2v) is 4.35. The first kappa shape index (κ1) is 12.9. The zero-order valence-corrected chi connectivity index (χ0v) is 11.4. The van der Waals surface area contributed by atoms with Crippen LogP contribution in [0.4, 0.5) is 0 Å². The normalized spacial score (nSPS) is 10.3.